The van der Waals surface area contributed by atoms with E-state index in [0.717, 1.165) is 12.0 Å². The molecule has 0 aliphatic heterocycles. The van der Waals surface area contributed by atoms with Crippen LogP contribution in [0, 0.1) is 0 Å². The Labute approximate surface area is 154 Å². The Morgan fingerprint density at radius 2 is 1.84 bits per heavy atom. The number of amides is 1. The first-order valence-electron chi connectivity index (χ1n) is 8.42. The third-order valence-electron chi connectivity index (χ3n) is 3.50. The van der Waals surface area contributed by atoms with Crippen LogP contribution in [0.25, 0.3) is 0 Å². The average Bonchev–Trinajstić information content (AvgIpc) is 2.61. The molecule has 0 aliphatic rings. The molecule has 0 atom stereocenters. The Morgan fingerprint density at radius 1 is 1.12 bits per heavy atom. The highest BCUT2D eigenvalue weighted by Crippen LogP contribution is 2.20. The lowest BCUT2D eigenvalue weighted by Gasteiger charge is -2.12. The summed E-state index contributed by atoms with van der Waals surface area (Å²) in [5.74, 6) is 0.421. The molecule has 0 unspecified atom stereocenters. The normalized spacial score (nSPS) is 10.7. The largest absolute Gasteiger partial charge is 0.488 e. The van der Waals surface area contributed by atoms with E-state index < -0.39 is 0 Å². The highest BCUT2D eigenvalue weighted by atomic mass is 35.5. The summed E-state index contributed by atoms with van der Waals surface area (Å²) in [5.41, 5.74) is 1.52. The molecule has 1 amide bonds. The summed E-state index contributed by atoms with van der Waals surface area (Å²) >= 11 is 5.88. The van der Waals surface area contributed by atoms with Crippen molar-refractivity contribution in [1.82, 2.24) is 5.32 Å². The lowest BCUT2D eigenvalue weighted by molar-refractivity contribution is 0.0756. The fourth-order valence-electron chi connectivity index (χ4n) is 2.21. The van der Waals surface area contributed by atoms with E-state index in [1.165, 1.54) is 0 Å². The van der Waals surface area contributed by atoms with Crippen molar-refractivity contribution in [3.8, 4) is 5.75 Å². The summed E-state index contributed by atoms with van der Waals surface area (Å²) in [4.78, 5) is 12.4. The van der Waals surface area contributed by atoms with Crippen molar-refractivity contribution in [1.29, 1.82) is 0 Å². The fourth-order valence-corrected chi connectivity index (χ4v) is 2.34. The maximum atomic E-state index is 12.4. The minimum atomic E-state index is -0.142. The lowest BCUT2D eigenvalue weighted by Crippen LogP contribution is -2.26. The zero-order valence-electron chi connectivity index (χ0n) is 14.6. The van der Waals surface area contributed by atoms with Gasteiger partial charge in [-0.05, 0) is 50.1 Å². The first kappa shape index (κ1) is 19.3. The lowest BCUT2D eigenvalue weighted by atomic mass is 10.2. The topological polar surface area (TPSA) is 47.6 Å². The number of para-hydroxylation sites is 1. The van der Waals surface area contributed by atoms with E-state index in [1.54, 1.807) is 12.1 Å². The first-order valence-corrected chi connectivity index (χ1v) is 8.80. The Hall–Kier alpha value is -2.04. The Morgan fingerprint density at radius 3 is 2.56 bits per heavy atom. The molecule has 0 spiro atoms. The van der Waals surface area contributed by atoms with Crippen molar-refractivity contribution >= 4 is 17.5 Å². The average molecular weight is 362 g/mol. The van der Waals surface area contributed by atoms with Gasteiger partial charge in [0.1, 0.15) is 12.4 Å². The molecule has 2 aromatic rings. The van der Waals surface area contributed by atoms with E-state index in [9.17, 15) is 4.79 Å². The molecule has 134 valence electrons. The molecule has 0 aromatic heterocycles. The zero-order chi connectivity index (χ0) is 18.1. The second-order valence-corrected chi connectivity index (χ2v) is 6.38. The molecule has 0 radical (unpaired) electrons. The van der Waals surface area contributed by atoms with Crippen molar-refractivity contribution in [2.24, 2.45) is 0 Å². The van der Waals surface area contributed by atoms with E-state index in [-0.39, 0.29) is 12.0 Å². The van der Waals surface area contributed by atoms with Crippen LogP contribution in [-0.4, -0.2) is 25.2 Å². The molecule has 2 rings (SSSR count). The molecular weight excluding hydrogens is 338 g/mol. The number of benzene rings is 2. The molecule has 1 N–H and O–H groups in total. The number of carbonyl (C=O) groups is 1. The molecule has 4 nitrogen and oxygen atoms in total. The fraction of sp³-hybridized carbons (Fsp3) is 0.350. The molecular formula is C20H24ClNO3. The third-order valence-corrected chi connectivity index (χ3v) is 3.75. The van der Waals surface area contributed by atoms with Crippen LogP contribution in [0.2, 0.25) is 5.02 Å². The van der Waals surface area contributed by atoms with Crippen LogP contribution in [0.15, 0.2) is 48.5 Å². The number of hydrogen-bond donors (Lipinski definition) is 1. The van der Waals surface area contributed by atoms with Crippen LogP contribution in [0.1, 0.15) is 36.2 Å². The van der Waals surface area contributed by atoms with Gasteiger partial charge >= 0.3 is 0 Å². The zero-order valence-corrected chi connectivity index (χ0v) is 15.4. The second-order valence-electron chi connectivity index (χ2n) is 5.94. The van der Waals surface area contributed by atoms with Gasteiger partial charge in [-0.3, -0.25) is 4.79 Å². The van der Waals surface area contributed by atoms with Crippen molar-refractivity contribution in [2.45, 2.75) is 33.0 Å². The summed E-state index contributed by atoms with van der Waals surface area (Å²) in [6, 6.07) is 14.7. The van der Waals surface area contributed by atoms with Crippen LogP contribution in [0.4, 0.5) is 0 Å². The Bertz CT molecular complexity index is 671. The summed E-state index contributed by atoms with van der Waals surface area (Å²) in [6.45, 7) is 5.56. The maximum absolute atomic E-state index is 12.4. The molecule has 2 aromatic carbocycles. The number of carbonyl (C=O) groups excluding carboxylic acids is 1. The van der Waals surface area contributed by atoms with Crippen LogP contribution < -0.4 is 10.1 Å². The van der Waals surface area contributed by atoms with E-state index >= 15 is 0 Å². The quantitative estimate of drug-likeness (QED) is 0.670. The van der Waals surface area contributed by atoms with E-state index in [2.05, 4.69) is 5.32 Å². The summed E-state index contributed by atoms with van der Waals surface area (Å²) in [6.07, 6.45) is 0.982. The number of ether oxygens (including phenoxy) is 2. The van der Waals surface area contributed by atoms with E-state index in [1.807, 2.05) is 50.2 Å². The van der Waals surface area contributed by atoms with Crippen LogP contribution in [0.5, 0.6) is 5.75 Å². The van der Waals surface area contributed by atoms with Gasteiger partial charge in [-0.15, -0.1) is 0 Å². The summed E-state index contributed by atoms with van der Waals surface area (Å²) < 4.78 is 11.3. The number of hydrogen-bond acceptors (Lipinski definition) is 3. The van der Waals surface area contributed by atoms with Gasteiger partial charge in [0.2, 0.25) is 0 Å². The summed E-state index contributed by atoms with van der Waals surface area (Å²) in [7, 11) is 0. The van der Waals surface area contributed by atoms with Crippen molar-refractivity contribution < 1.29 is 14.3 Å². The standard InChI is InChI=1S/C20H24ClNO3/c1-15(2)24-13-5-12-22-20(23)18-6-3-4-7-19(18)25-14-16-8-10-17(21)11-9-16/h3-4,6-11,15H,5,12-14H2,1-2H3,(H,22,23). The van der Waals surface area contributed by atoms with Crippen molar-refractivity contribution in [3.63, 3.8) is 0 Å². The SMILES string of the molecule is CC(C)OCCCNC(=O)c1ccccc1OCc1ccc(Cl)cc1. The van der Waals surface area contributed by atoms with E-state index in [4.69, 9.17) is 21.1 Å². The van der Waals surface area contributed by atoms with Crippen molar-refractivity contribution in [2.75, 3.05) is 13.2 Å². The second kappa shape index (κ2) is 10.1. The third kappa shape index (κ3) is 6.77. The molecule has 0 saturated heterocycles. The minimum Gasteiger partial charge on any atom is -0.488 e. The van der Waals surface area contributed by atoms with Gasteiger partial charge in [-0.1, -0.05) is 35.9 Å². The molecule has 5 heteroatoms. The summed E-state index contributed by atoms with van der Waals surface area (Å²) in [5, 5.41) is 3.59. The van der Waals surface area contributed by atoms with Gasteiger partial charge in [-0.2, -0.15) is 0 Å². The highest BCUT2D eigenvalue weighted by molar-refractivity contribution is 6.30. The van der Waals surface area contributed by atoms with Gasteiger partial charge in [-0.25, -0.2) is 0 Å². The molecule has 0 fully saturated rings. The van der Waals surface area contributed by atoms with Gasteiger partial charge in [0.05, 0.1) is 11.7 Å². The number of halogens is 1. The molecule has 0 saturated carbocycles. The van der Waals surface area contributed by atoms with Crippen LogP contribution >= 0.6 is 11.6 Å². The highest BCUT2D eigenvalue weighted by Gasteiger charge is 2.11. The van der Waals surface area contributed by atoms with Crippen molar-refractivity contribution in [3.05, 3.63) is 64.7 Å². The molecule has 25 heavy (non-hydrogen) atoms. The molecule has 0 bridgehead atoms. The Kier molecular flexibility index (Phi) is 7.76. The predicted octanol–water partition coefficient (Wildman–Crippen LogP) is 4.46. The van der Waals surface area contributed by atoms with Gasteiger partial charge in [0.15, 0.2) is 0 Å². The Balaban J connectivity index is 1.88. The smallest absolute Gasteiger partial charge is 0.255 e. The maximum Gasteiger partial charge on any atom is 0.255 e. The van der Waals surface area contributed by atoms with Gasteiger partial charge < -0.3 is 14.8 Å². The van der Waals surface area contributed by atoms with Crippen LogP contribution in [-0.2, 0) is 11.3 Å². The first-order chi connectivity index (χ1) is 12.1. The number of rotatable bonds is 9. The van der Waals surface area contributed by atoms with E-state index in [0.29, 0.717) is 36.1 Å². The van der Waals surface area contributed by atoms with Gasteiger partial charge in [0, 0.05) is 18.2 Å². The van der Waals surface area contributed by atoms with Gasteiger partial charge in [0.25, 0.3) is 5.91 Å². The molecule has 0 heterocycles. The minimum absolute atomic E-state index is 0.142. The molecule has 0 aliphatic carbocycles. The monoisotopic (exact) mass is 361 g/mol. The van der Waals surface area contributed by atoms with Crippen LogP contribution in [0.3, 0.4) is 0 Å². The predicted molar refractivity (Wildman–Crippen MR) is 100 cm³/mol. The number of nitrogens with one attached hydrogen (secondary N) is 1.